The van der Waals surface area contributed by atoms with E-state index < -0.39 is 0 Å². The maximum absolute atomic E-state index is 5.47. The minimum Gasteiger partial charge on any atom is -0.496 e. The molecule has 1 N–H and O–H groups in total. The van der Waals surface area contributed by atoms with Crippen LogP contribution in [0, 0.1) is 0 Å². The SMILES string of the molecule is CCNC(CCCOC)c1c(OC)cccc1OC. The fraction of sp³-hybridized carbons (Fsp3) is 0.600. The van der Waals surface area contributed by atoms with Crippen LogP contribution in [0.25, 0.3) is 0 Å². The highest BCUT2D eigenvalue weighted by Crippen LogP contribution is 2.35. The van der Waals surface area contributed by atoms with Crippen molar-refractivity contribution in [3.8, 4) is 11.5 Å². The third-order valence-electron chi connectivity index (χ3n) is 3.11. The van der Waals surface area contributed by atoms with Crippen molar-refractivity contribution in [3.63, 3.8) is 0 Å². The van der Waals surface area contributed by atoms with Crippen molar-refractivity contribution in [2.75, 3.05) is 34.5 Å². The summed E-state index contributed by atoms with van der Waals surface area (Å²) in [6.07, 6.45) is 1.98. The van der Waals surface area contributed by atoms with Crippen LogP contribution in [0.5, 0.6) is 11.5 Å². The van der Waals surface area contributed by atoms with Crippen LogP contribution in [0.15, 0.2) is 18.2 Å². The zero-order valence-electron chi connectivity index (χ0n) is 12.4. The van der Waals surface area contributed by atoms with Crippen molar-refractivity contribution in [2.24, 2.45) is 0 Å². The van der Waals surface area contributed by atoms with E-state index in [1.807, 2.05) is 18.2 Å². The molecule has 0 saturated carbocycles. The van der Waals surface area contributed by atoms with Crippen LogP contribution in [0.3, 0.4) is 0 Å². The van der Waals surface area contributed by atoms with Gasteiger partial charge in [-0.3, -0.25) is 0 Å². The zero-order valence-corrected chi connectivity index (χ0v) is 12.4. The van der Waals surface area contributed by atoms with Crippen LogP contribution in [-0.2, 0) is 4.74 Å². The summed E-state index contributed by atoms with van der Waals surface area (Å²) in [6, 6.07) is 6.10. The number of rotatable bonds is 9. The van der Waals surface area contributed by atoms with Gasteiger partial charge in [-0.25, -0.2) is 0 Å². The molecule has 1 rings (SSSR count). The Hall–Kier alpha value is -1.26. The molecule has 19 heavy (non-hydrogen) atoms. The number of nitrogens with one attached hydrogen (secondary N) is 1. The van der Waals surface area contributed by atoms with Crippen molar-refractivity contribution >= 4 is 0 Å². The van der Waals surface area contributed by atoms with Gasteiger partial charge < -0.3 is 19.5 Å². The van der Waals surface area contributed by atoms with Crippen LogP contribution in [-0.4, -0.2) is 34.5 Å². The van der Waals surface area contributed by atoms with Gasteiger partial charge in [-0.15, -0.1) is 0 Å². The molecule has 1 aromatic rings. The summed E-state index contributed by atoms with van der Waals surface area (Å²) in [6.45, 7) is 3.77. The number of benzene rings is 1. The smallest absolute Gasteiger partial charge is 0.127 e. The predicted molar refractivity (Wildman–Crippen MR) is 77.1 cm³/mol. The van der Waals surface area contributed by atoms with E-state index in [0.717, 1.165) is 43.1 Å². The summed E-state index contributed by atoms with van der Waals surface area (Å²) in [5, 5.41) is 3.49. The van der Waals surface area contributed by atoms with Crippen molar-refractivity contribution in [2.45, 2.75) is 25.8 Å². The molecular weight excluding hydrogens is 242 g/mol. The maximum Gasteiger partial charge on any atom is 0.127 e. The summed E-state index contributed by atoms with van der Waals surface area (Å²) in [5.74, 6) is 1.73. The molecule has 0 aliphatic heterocycles. The Morgan fingerprint density at radius 1 is 1.11 bits per heavy atom. The molecule has 1 unspecified atom stereocenters. The average molecular weight is 267 g/mol. The Kier molecular flexibility index (Phi) is 7.30. The first-order valence-corrected chi connectivity index (χ1v) is 6.71. The van der Waals surface area contributed by atoms with Crippen LogP contribution in [0.2, 0.25) is 0 Å². The van der Waals surface area contributed by atoms with Gasteiger partial charge >= 0.3 is 0 Å². The molecule has 0 aromatic heterocycles. The number of ether oxygens (including phenoxy) is 3. The predicted octanol–water partition coefficient (Wildman–Crippen LogP) is 2.78. The third-order valence-corrected chi connectivity index (χ3v) is 3.11. The summed E-state index contributed by atoms with van der Waals surface area (Å²) < 4.78 is 16.1. The Morgan fingerprint density at radius 2 is 1.74 bits per heavy atom. The van der Waals surface area contributed by atoms with E-state index in [1.54, 1.807) is 21.3 Å². The van der Waals surface area contributed by atoms with E-state index in [9.17, 15) is 0 Å². The molecule has 1 aromatic carbocycles. The highest BCUT2D eigenvalue weighted by molar-refractivity contribution is 5.47. The summed E-state index contributed by atoms with van der Waals surface area (Å²) in [5.41, 5.74) is 1.09. The van der Waals surface area contributed by atoms with Gasteiger partial charge in [0, 0.05) is 19.8 Å². The van der Waals surface area contributed by atoms with Crippen LogP contribution in [0.4, 0.5) is 0 Å². The molecule has 0 amide bonds. The molecule has 4 nitrogen and oxygen atoms in total. The van der Waals surface area contributed by atoms with Gasteiger partial charge in [-0.1, -0.05) is 13.0 Å². The summed E-state index contributed by atoms with van der Waals surface area (Å²) >= 11 is 0. The molecule has 4 heteroatoms. The average Bonchev–Trinajstić information content (AvgIpc) is 2.45. The molecule has 0 spiro atoms. The van der Waals surface area contributed by atoms with Crippen molar-refractivity contribution in [3.05, 3.63) is 23.8 Å². The Bertz CT molecular complexity index is 346. The van der Waals surface area contributed by atoms with E-state index in [1.165, 1.54) is 0 Å². The van der Waals surface area contributed by atoms with E-state index in [2.05, 4.69) is 12.2 Å². The number of hydrogen-bond acceptors (Lipinski definition) is 4. The Labute approximate surface area is 116 Å². The first kappa shape index (κ1) is 15.8. The molecular formula is C15H25NO3. The normalized spacial score (nSPS) is 12.2. The van der Waals surface area contributed by atoms with Gasteiger partial charge in [-0.2, -0.15) is 0 Å². The number of methoxy groups -OCH3 is 3. The van der Waals surface area contributed by atoms with Gasteiger partial charge in [0.25, 0.3) is 0 Å². The maximum atomic E-state index is 5.47. The monoisotopic (exact) mass is 267 g/mol. The molecule has 0 aliphatic carbocycles. The summed E-state index contributed by atoms with van der Waals surface area (Å²) in [4.78, 5) is 0. The molecule has 0 radical (unpaired) electrons. The second kappa shape index (κ2) is 8.77. The lowest BCUT2D eigenvalue weighted by atomic mass is 9.99. The first-order chi connectivity index (χ1) is 9.28. The van der Waals surface area contributed by atoms with Gasteiger partial charge in [-0.05, 0) is 31.5 Å². The van der Waals surface area contributed by atoms with Crippen LogP contribution < -0.4 is 14.8 Å². The van der Waals surface area contributed by atoms with Gasteiger partial charge in [0.2, 0.25) is 0 Å². The third kappa shape index (κ3) is 4.40. The van der Waals surface area contributed by atoms with E-state index in [4.69, 9.17) is 14.2 Å². The van der Waals surface area contributed by atoms with E-state index in [0.29, 0.717) is 0 Å². The minimum absolute atomic E-state index is 0.214. The lowest BCUT2D eigenvalue weighted by Gasteiger charge is -2.23. The Balaban J connectivity index is 2.98. The lowest BCUT2D eigenvalue weighted by Crippen LogP contribution is -2.22. The highest BCUT2D eigenvalue weighted by atomic mass is 16.5. The van der Waals surface area contributed by atoms with E-state index in [-0.39, 0.29) is 6.04 Å². The lowest BCUT2D eigenvalue weighted by molar-refractivity contribution is 0.188. The molecule has 0 bridgehead atoms. The largest absolute Gasteiger partial charge is 0.496 e. The molecule has 108 valence electrons. The topological polar surface area (TPSA) is 39.7 Å². The number of hydrogen-bond donors (Lipinski definition) is 1. The van der Waals surface area contributed by atoms with Gasteiger partial charge in [0.1, 0.15) is 11.5 Å². The molecule has 0 fully saturated rings. The van der Waals surface area contributed by atoms with Crippen molar-refractivity contribution in [1.29, 1.82) is 0 Å². The van der Waals surface area contributed by atoms with Crippen molar-refractivity contribution in [1.82, 2.24) is 5.32 Å². The first-order valence-electron chi connectivity index (χ1n) is 6.71. The molecule has 0 aliphatic rings. The summed E-state index contributed by atoms with van der Waals surface area (Å²) in [7, 11) is 5.11. The molecule has 0 saturated heterocycles. The van der Waals surface area contributed by atoms with Crippen molar-refractivity contribution < 1.29 is 14.2 Å². The van der Waals surface area contributed by atoms with Gasteiger partial charge in [0.15, 0.2) is 0 Å². The zero-order chi connectivity index (χ0) is 14.1. The fourth-order valence-corrected chi connectivity index (χ4v) is 2.25. The van der Waals surface area contributed by atoms with E-state index >= 15 is 0 Å². The minimum atomic E-state index is 0.214. The Morgan fingerprint density at radius 3 is 2.21 bits per heavy atom. The van der Waals surface area contributed by atoms with Crippen LogP contribution in [0.1, 0.15) is 31.4 Å². The standard InChI is InChI=1S/C15H25NO3/c1-5-16-12(8-7-11-17-2)15-13(18-3)9-6-10-14(15)19-4/h6,9-10,12,16H,5,7-8,11H2,1-4H3. The van der Waals surface area contributed by atoms with Crippen LogP contribution >= 0.6 is 0 Å². The molecule has 1 atom stereocenters. The van der Waals surface area contributed by atoms with Gasteiger partial charge in [0.05, 0.1) is 19.8 Å². The fourth-order valence-electron chi connectivity index (χ4n) is 2.25. The second-order valence-corrected chi connectivity index (χ2v) is 4.32. The molecule has 0 heterocycles. The quantitative estimate of drug-likeness (QED) is 0.698. The second-order valence-electron chi connectivity index (χ2n) is 4.32. The highest BCUT2D eigenvalue weighted by Gasteiger charge is 2.19.